The lowest BCUT2D eigenvalue weighted by molar-refractivity contribution is -0.141. The van der Waals surface area contributed by atoms with Gasteiger partial charge in [-0.15, -0.1) is 0 Å². The monoisotopic (exact) mass is 571 g/mol. The van der Waals surface area contributed by atoms with E-state index in [-0.39, 0.29) is 43.6 Å². The second-order valence-corrected chi connectivity index (χ2v) is 11.7. The minimum Gasteiger partial charge on any atom is -0.352 e. The summed E-state index contributed by atoms with van der Waals surface area (Å²) in [5.74, 6) is -1.20. The molecule has 39 heavy (non-hydrogen) atoms. The number of nitrogens with one attached hydrogen (secondary N) is 1. The molecule has 0 bridgehead atoms. The van der Waals surface area contributed by atoms with Crippen LogP contribution in [-0.4, -0.2) is 50.0 Å². The Bertz CT molecular complexity index is 1250. The predicted molar refractivity (Wildman–Crippen MR) is 140 cm³/mol. The van der Waals surface area contributed by atoms with Gasteiger partial charge in [0.1, 0.15) is 11.9 Å². The van der Waals surface area contributed by atoms with Crippen molar-refractivity contribution in [1.82, 2.24) is 10.2 Å². The fourth-order valence-electron chi connectivity index (χ4n) is 4.60. The first-order chi connectivity index (χ1) is 18.3. The molecule has 0 unspecified atom stereocenters. The van der Waals surface area contributed by atoms with Gasteiger partial charge in [0.25, 0.3) is 0 Å². The van der Waals surface area contributed by atoms with Gasteiger partial charge in [-0.1, -0.05) is 31.0 Å². The zero-order valence-corrected chi connectivity index (χ0v) is 22.7. The van der Waals surface area contributed by atoms with Gasteiger partial charge < -0.3 is 10.2 Å². The van der Waals surface area contributed by atoms with Crippen molar-refractivity contribution in [3.8, 4) is 0 Å². The van der Waals surface area contributed by atoms with Crippen LogP contribution in [0, 0.1) is 5.82 Å². The number of alkyl halides is 3. The van der Waals surface area contributed by atoms with Crippen LogP contribution in [-0.2, 0) is 32.3 Å². The van der Waals surface area contributed by atoms with E-state index in [0.717, 1.165) is 54.4 Å². The van der Waals surface area contributed by atoms with Crippen molar-refractivity contribution >= 4 is 27.5 Å². The maximum Gasteiger partial charge on any atom is 0.416 e. The third-order valence-corrected chi connectivity index (χ3v) is 7.94. The normalized spacial score (nSPS) is 15.1. The first-order valence-corrected chi connectivity index (χ1v) is 14.6. The van der Waals surface area contributed by atoms with Gasteiger partial charge in [0.05, 0.1) is 17.5 Å². The minimum absolute atomic E-state index is 0.000962. The lowest BCUT2D eigenvalue weighted by Crippen LogP contribution is -2.49. The number of benzene rings is 2. The predicted octanol–water partition coefficient (Wildman–Crippen LogP) is 4.87. The number of rotatable bonds is 11. The first-order valence-electron chi connectivity index (χ1n) is 12.7. The van der Waals surface area contributed by atoms with Gasteiger partial charge in [-0.05, 0) is 62.1 Å². The molecule has 0 radical (unpaired) electrons. The Morgan fingerprint density at radius 1 is 1.08 bits per heavy atom. The molecule has 7 nitrogen and oxygen atoms in total. The molecule has 2 aromatic carbocycles. The van der Waals surface area contributed by atoms with E-state index in [0.29, 0.717) is 5.56 Å². The van der Waals surface area contributed by atoms with Crippen LogP contribution in [0.3, 0.4) is 0 Å². The third-order valence-electron chi connectivity index (χ3n) is 6.75. The highest BCUT2D eigenvalue weighted by atomic mass is 32.2. The number of carbonyl (C=O) groups excluding carboxylic acids is 2. The average Bonchev–Trinajstić information content (AvgIpc) is 3.37. The molecular formula is C27H33F4N3O4S. The zero-order chi connectivity index (χ0) is 28.8. The Hall–Kier alpha value is -3.15. The Labute approximate surface area is 226 Å². The fraction of sp³-hybridized carbons (Fsp3) is 0.481. The summed E-state index contributed by atoms with van der Waals surface area (Å²) in [6.07, 6.45) is -0.175. The molecule has 0 saturated heterocycles. The van der Waals surface area contributed by atoms with E-state index < -0.39 is 39.5 Å². The summed E-state index contributed by atoms with van der Waals surface area (Å²) in [6, 6.07) is 8.69. The highest BCUT2D eigenvalue weighted by molar-refractivity contribution is 7.92. The van der Waals surface area contributed by atoms with Crippen molar-refractivity contribution < 1.29 is 35.6 Å². The molecule has 0 heterocycles. The molecule has 1 N–H and O–H groups in total. The van der Waals surface area contributed by atoms with Crippen LogP contribution >= 0.6 is 0 Å². The van der Waals surface area contributed by atoms with E-state index in [4.69, 9.17) is 0 Å². The van der Waals surface area contributed by atoms with E-state index >= 15 is 0 Å². The summed E-state index contributed by atoms with van der Waals surface area (Å²) < 4.78 is 78.6. The number of hydrogen-bond donors (Lipinski definition) is 1. The molecule has 214 valence electrons. The van der Waals surface area contributed by atoms with Crippen LogP contribution in [0.2, 0.25) is 0 Å². The average molecular weight is 572 g/mol. The van der Waals surface area contributed by atoms with Gasteiger partial charge in [0.15, 0.2) is 0 Å². The van der Waals surface area contributed by atoms with Crippen molar-refractivity contribution in [2.45, 2.75) is 70.3 Å². The summed E-state index contributed by atoms with van der Waals surface area (Å²) in [5, 5.41) is 2.97. The van der Waals surface area contributed by atoms with Gasteiger partial charge in [0.2, 0.25) is 21.8 Å². The molecule has 1 saturated carbocycles. The number of halogens is 4. The van der Waals surface area contributed by atoms with Crippen LogP contribution in [0.1, 0.15) is 56.6 Å². The van der Waals surface area contributed by atoms with Gasteiger partial charge in [-0.2, -0.15) is 13.2 Å². The number of amides is 2. The van der Waals surface area contributed by atoms with E-state index in [1.165, 1.54) is 35.2 Å². The van der Waals surface area contributed by atoms with E-state index in [1.54, 1.807) is 6.92 Å². The zero-order valence-electron chi connectivity index (χ0n) is 21.9. The molecule has 0 spiro atoms. The number of hydrogen-bond acceptors (Lipinski definition) is 4. The number of nitrogens with zero attached hydrogens (tertiary/aromatic N) is 2. The van der Waals surface area contributed by atoms with Crippen molar-refractivity contribution in [3.05, 3.63) is 65.5 Å². The molecular weight excluding hydrogens is 538 g/mol. The minimum atomic E-state index is -4.65. The maximum atomic E-state index is 13.4. The molecule has 0 aliphatic heterocycles. The summed E-state index contributed by atoms with van der Waals surface area (Å²) in [6.45, 7) is 1.39. The van der Waals surface area contributed by atoms with E-state index in [2.05, 4.69) is 5.32 Å². The lowest BCUT2D eigenvalue weighted by Gasteiger charge is -2.30. The second-order valence-electron chi connectivity index (χ2n) is 9.80. The van der Waals surface area contributed by atoms with E-state index in [1.807, 2.05) is 0 Å². The maximum absolute atomic E-state index is 13.4. The molecule has 2 aromatic rings. The van der Waals surface area contributed by atoms with Crippen molar-refractivity contribution in [3.63, 3.8) is 0 Å². The highest BCUT2D eigenvalue weighted by Crippen LogP contribution is 2.32. The number of sulfonamides is 1. The fourth-order valence-corrected chi connectivity index (χ4v) is 5.56. The Morgan fingerprint density at radius 2 is 1.72 bits per heavy atom. The van der Waals surface area contributed by atoms with Crippen LogP contribution in [0.5, 0.6) is 0 Å². The van der Waals surface area contributed by atoms with Crippen LogP contribution < -0.4 is 9.62 Å². The summed E-state index contributed by atoms with van der Waals surface area (Å²) in [7, 11) is -3.95. The highest BCUT2D eigenvalue weighted by Gasteiger charge is 2.32. The van der Waals surface area contributed by atoms with Crippen LogP contribution in [0.25, 0.3) is 0 Å². The van der Waals surface area contributed by atoms with Crippen LogP contribution in [0.4, 0.5) is 23.2 Å². The Balaban J connectivity index is 1.74. The standard InChI is InChI=1S/C27H33F4N3O4S/c1-19(26(36)32-23-8-3-4-9-23)33(18-20-12-14-22(28)15-13-20)25(35)11-6-16-34(39(2,37)38)24-10-5-7-21(17-24)27(29,30)31/h5,7,10,12-15,17,19,23H,3-4,6,8-9,11,16,18H2,1-2H3,(H,32,36)/t19-/m0/s1. The molecule has 1 aliphatic rings. The second kappa shape index (κ2) is 12.8. The topological polar surface area (TPSA) is 86.8 Å². The first kappa shape index (κ1) is 30.4. The Kier molecular flexibility index (Phi) is 9.98. The molecule has 1 aliphatic carbocycles. The molecule has 1 atom stereocenters. The third kappa shape index (κ3) is 8.67. The van der Waals surface area contributed by atoms with Gasteiger partial charge in [-0.3, -0.25) is 13.9 Å². The summed E-state index contributed by atoms with van der Waals surface area (Å²) >= 11 is 0. The van der Waals surface area contributed by atoms with E-state index in [9.17, 15) is 35.6 Å². The number of anilines is 1. The molecule has 3 rings (SSSR count). The lowest BCUT2D eigenvalue weighted by atomic mass is 10.1. The Morgan fingerprint density at radius 3 is 2.31 bits per heavy atom. The van der Waals surface area contributed by atoms with Crippen molar-refractivity contribution in [2.24, 2.45) is 0 Å². The van der Waals surface area contributed by atoms with Gasteiger partial charge in [-0.25, -0.2) is 12.8 Å². The number of carbonyl (C=O) groups is 2. The van der Waals surface area contributed by atoms with Gasteiger partial charge in [0, 0.05) is 25.6 Å². The largest absolute Gasteiger partial charge is 0.416 e. The summed E-state index contributed by atoms with van der Waals surface area (Å²) in [4.78, 5) is 27.6. The van der Waals surface area contributed by atoms with Crippen molar-refractivity contribution in [2.75, 3.05) is 17.1 Å². The molecule has 0 aromatic heterocycles. The summed E-state index contributed by atoms with van der Waals surface area (Å²) in [5.41, 5.74) is -0.545. The van der Waals surface area contributed by atoms with Gasteiger partial charge >= 0.3 is 6.18 Å². The smallest absolute Gasteiger partial charge is 0.352 e. The van der Waals surface area contributed by atoms with Crippen LogP contribution in [0.15, 0.2) is 48.5 Å². The molecule has 12 heteroatoms. The molecule has 2 amide bonds. The van der Waals surface area contributed by atoms with Crippen molar-refractivity contribution in [1.29, 1.82) is 0 Å². The SMILES string of the molecule is C[C@@H](C(=O)NC1CCCC1)N(Cc1ccc(F)cc1)C(=O)CCCN(c1cccc(C(F)(F)F)c1)S(C)(=O)=O. The quantitative estimate of drug-likeness (QED) is 0.390. The molecule has 1 fully saturated rings.